The molecule has 2 rings (SSSR count). The normalized spacial score (nSPS) is 33.2. The van der Waals surface area contributed by atoms with E-state index in [4.69, 9.17) is 4.74 Å². The van der Waals surface area contributed by atoms with Gasteiger partial charge in [-0.2, -0.15) is 0 Å². The molecule has 4 nitrogen and oxygen atoms in total. The first kappa shape index (κ1) is 14.6. The third kappa shape index (κ3) is 4.34. The topological polar surface area (TPSA) is 60.4 Å². The summed E-state index contributed by atoms with van der Waals surface area (Å²) >= 11 is 0. The Balaban J connectivity index is 1.72. The van der Waals surface area contributed by atoms with Crippen LogP contribution in [0.4, 0.5) is 0 Å². The zero-order valence-corrected chi connectivity index (χ0v) is 12.2. The van der Waals surface area contributed by atoms with Crippen LogP contribution in [0.1, 0.15) is 32.6 Å². The number of sulfone groups is 1. The Morgan fingerprint density at radius 3 is 2.68 bits per heavy atom. The molecule has 1 aliphatic carbocycles. The molecule has 2 aliphatic rings. The fourth-order valence-corrected chi connectivity index (χ4v) is 4.63. The summed E-state index contributed by atoms with van der Waals surface area (Å²) in [5.74, 6) is 1.02. The van der Waals surface area contributed by atoms with E-state index in [1.54, 1.807) is 0 Å². The average Bonchev–Trinajstić information content (AvgIpc) is 2.67. The molecule has 0 N–H and O–H groups in total. The summed E-state index contributed by atoms with van der Waals surface area (Å²) in [6, 6.07) is 0. The summed E-state index contributed by atoms with van der Waals surface area (Å²) in [5, 5.41) is 0. The van der Waals surface area contributed by atoms with Gasteiger partial charge in [-0.1, -0.05) is 19.1 Å². The van der Waals surface area contributed by atoms with Crippen molar-refractivity contribution in [2.24, 2.45) is 17.8 Å². The lowest BCUT2D eigenvalue weighted by molar-refractivity contribution is -0.146. The molecule has 0 radical (unpaired) electrons. The Morgan fingerprint density at radius 2 is 2.05 bits per heavy atom. The highest BCUT2D eigenvalue weighted by molar-refractivity contribution is 7.91. The first-order chi connectivity index (χ1) is 8.96. The second-order valence-electron chi connectivity index (χ2n) is 5.84. The largest absolute Gasteiger partial charge is 0.465 e. The molecule has 0 aromatic heterocycles. The molecule has 19 heavy (non-hydrogen) atoms. The summed E-state index contributed by atoms with van der Waals surface area (Å²) in [7, 11) is -2.90. The van der Waals surface area contributed by atoms with Crippen LogP contribution in [0.3, 0.4) is 0 Å². The number of hydrogen-bond acceptors (Lipinski definition) is 4. The number of carbonyl (C=O) groups is 1. The monoisotopic (exact) mass is 286 g/mol. The van der Waals surface area contributed by atoms with Crippen molar-refractivity contribution in [1.29, 1.82) is 0 Å². The van der Waals surface area contributed by atoms with E-state index >= 15 is 0 Å². The van der Waals surface area contributed by atoms with E-state index in [9.17, 15) is 13.2 Å². The molecule has 1 fully saturated rings. The van der Waals surface area contributed by atoms with Crippen molar-refractivity contribution in [3.8, 4) is 0 Å². The van der Waals surface area contributed by atoms with Crippen LogP contribution in [0, 0.1) is 17.8 Å². The zero-order valence-electron chi connectivity index (χ0n) is 11.4. The van der Waals surface area contributed by atoms with Gasteiger partial charge >= 0.3 is 5.97 Å². The molecule has 0 unspecified atom stereocenters. The molecule has 108 valence electrons. The molecule has 0 bridgehead atoms. The lowest BCUT2D eigenvalue weighted by Crippen LogP contribution is -2.22. The van der Waals surface area contributed by atoms with Crippen LogP contribution < -0.4 is 0 Å². The number of rotatable bonds is 4. The molecule has 5 heteroatoms. The minimum atomic E-state index is -2.90. The molecule has 1 heterocycles. The molecule has 1 aliphatic heterocycles. The molecule has 0 saturated carbocycles. The van der Waals surface area contributed by atoms with Gasteiger partial charge in [0.1, 0.15) is 0 Å². The highest BCUT2D eigenvalue weighted by Crippen LogP contribution is 2.26. The van der Waals surface area contributed by atoms with Gasteiger partial charge in [-0.15, -0.1) is 0 Å². The Hall–Kier alpha value is -0.840. The van der Waals surface area contributed by atoms with Crippen LogP contribution in [-0.4, -0.2) is 32.5 Å². The Kier molecular flexibility index (Phi) is 4.66. The minimum absolute atomic E-state index is 0.0406. The van der Waals surface area contributed by atoms with Crippen molar-refractivity contribution in [1.82, 2.24) is 0 Å². The van der Waals surface area contributed by atoms with Crippen molar-refractivity contribution in [2.75, 3.05) is 18.1 Å². The van der Waals surface area contributed by atoms with Gasteiger partial charge < -0.3 is 4.74 Å². The number of allylic oxidation sites excluding steroid dienone is 2. The second kappa shape index (κ2) is 6.07. The Morgan fingerprint density at radius 1 is 1.32 bits per heavy atom. The molecule has 0 spiro atoms. The van der Waals surface area contributed by atoms with Crippen LogP contribution in [0.25, 0.3) is 0 Å². The molecule has 1 saturated heterocycles. The molecular weight excluding hydrogens is 264 g/mol. The predicted octanol–water partition coefficient (Wildman–Crippen LogP) is 1.96. The zero-order chi connectivity index (χ0) is 13.9. The Bertz CT molecular complexity index is 452. The Labute approximate surface area is 115 Å². The van der Waals surface area contributed by atoms with Gasteiger partial charge in [0.2, 0.25) is 0 Å². The van der Waals surface area contributed by atoms with Gasteiger partial charge in [0, 0.05) is 6.42 Å². The molecular formula is C14H22O4S. The van der Waals surface area contributed by atoms with Gasteiger partial charge in [0.05, 0.1) is 18.1 Å². The lowest BCUT2D eigenvalue weighted by Gasteiger charge is -2.24. The molecule has 0 aromatic rings. The second-order valence-corrected chi connectivity index (χ2v) is 8.07. The standard InChI is InChI=1S/C14H22O4S/c1-11-4-2-3-5-13(11)9-18-14(15)8-12-6-7-19(16,17)10-12/h2-3,11-13H,4-10H2,1H3/t11-,12-,13-/m1/s1. The summed E-state index contributed by atoms with van der Waals surface area (Å²) in [5.41, 5.74) is 0. The molecule has 0 amide bonds. The van der Waals surface area contributed by atoms with E-state index in [1.165, 1.54) is 0 Å². The van der Waals surface area contributed by atoms with Crippen molar-refractivity contribution in [2.45, 2.75) is 32.6 Å². The predicted molar refractivity (Wildman–Crippen MR) is 73.4 cm³/mol. The number of esters is 1. The first-order valence-electron chi connectivity index (χ1n) is 6.97. The van der Waals surface area contributed by atoms with Gasteiger partial charge in [-0.25, -0.2) is 8.42 Å². The average molecular weight is 286 g/mol. The van der Waals surface area contributed by atoms with Crippen molar-refractivity contribution in [3.05, 3.63) is 12.2 Å². The van der Waals surface area contributed by atoms with Crippen LogP contribution in [0.15, 0.2) is 12.2 Å². The van der Waals surface area contributed by atoms with Gasteiger partial charge in [-0.05, 0) is 37.0 Å². The van der Waals surface area contributed by atoms with Gasteiger partial charge in [-0.3, -0.25) is 4.79 Å². The van der Waals surface area contributed by atoms with Crippen LogP contribution in [0.2, 0.25) is 0 Å². The highest BCUT2D eigenvalue weighted by Gasteiger charge is 2.30. The van der Waals surface area contributed by atoms with Crippen LogP contribution in [-0.2, 0) is 19.4 Å². The van der Waals surface area contributed by atoms with Crippen molar-refractivity contribution in [3.63, 3.8) is 0 Å². The summed E-state index contributed by atoms with van der Waals surface area (Å²) in [6.45, 7) is 2.63. The van der Waals surface area contributed by atoms with E-state index in [0.717, 1.165) is 12.8 Å². The lowest BCUT2D eigenvalue weighted by atomic mass is 9.85. The van der Waals surface area contributed by atoms with E-state index in [1.807, 2.05) is 0 Å². The summed E-state index contributed by atoms with van der Waals surface area (Å²) in [6.07, 6.45) is 7.17. The molecule has 0 aromatic carbocycles. The van der Waals surface area contributed by atoms with Gasteiger partial charge in [0.25, 0.3) is 0 Å². The quantitative estimate of drug-likeness (QED) is 0.585. The number of hydrogen-bond donors (Lipinski definition) is 0. The van der Waals surface area contributed by atoms with E-state index in [-0.39, 0.29) is 29.8 Å². The fraction of sp³-hybridized carbons (Fsp3) is 0.786. The summed E-state index contributed by atoms with van der Waals surface area (Å²) in [4.78, 5) is 11.7. The van der Waals surface area contributed by atoms with E-state index in [0.29, 0.717) is 24.9 Å². The number of ether oxygens (including phenoxy) is 1. The highest BCUT2D eigenvalue weighted by atomic mass is 32.2. The maximum Gasteiger partial charge on any atom is 0.306 e. The van der Waals surface area contributed by atoms with E-state index in [2.05, 4.69) is 19.1 Å². The maximum absolute atomic E-state index is 11.7. The minimum Gasteiger partial charge on any atom is -0.465 e. The number of carbonyl (C=O) groups excluding carboxylic acids is 1. The summed E-state index contributed by atoms with van der Waals surface area (Å²) < 4.78 is 27.9. The van der Waals surface area contributed by atoms with Crippen molar-refractivity contribution >= 4 is 15.8 Å². The third-order valence-corrected chi connectivity index (χ3v) is 6.00. The fourth-order valence-electron chi connectivity index (χ4n) is 2.77. The maximum atomic E-state index is 11.7. The smallest absolute Gasteiger partial charge is 0.306 e. The van der Waals surface area contributed by atoms with Gasteiger partial charge in [0.15, 0.2) is 9.84 Å². The van der Waals surface area contributed by atoms with Crippen LogP contribution >= 0.6 is 0 Å². The van der Waals surface area contributed by atoms with Crippen molar-refractivity contribution < 1.29 is 17.9 Å². The van der Waals surface area contributed by atoms with Crippen LogP contribution in [0.5, 0.6) is 0 Å². The van der Waals surface area contributed by atoms with E-state index < -0.39 is 9.84 Å². The molecule has 3 atom stereocenters. The first-order valence-corrected chi connectivity index (χ1v) is 8.79. The third-order valence-electron chi connectivity index (χ3n) is 4.16. The SMILES string of the molecule is C[C@@H]1CC=CC[C@@H]1COC(=O)C[C@H]1CCS(=O)(=O)C1.